The molecule has 1 aromatic carbocycles. The van der Waals surface area contributed by atoms with Crippen LogP contribution in [0.25, 0.3) is 0 Å². The Balaban J connectivity index is 1.64. The van der Waals surface area contributed by atoms with Gasteiger partial charge in [-0.25, -0.2) is 26.9 Å². The number of benzene rings is 1. The van der Waals surface area contributed by atoms with Crippen LogP contribution in [0.15, 0.2) is 18.3 Å². The van der Waals surface area contributed by atoms with E-state index < -0.39 is 33.0 Å². The average Bonchev–Trinajstić information content (AvgIpc) is 2.80. The lowest BCUT2D eigenvalue weighted by molar-refractivity contribution is 0.103. The van der Waals surface area contributed by atoms with Crippen LogP contribution < -0.4 is 20.5 Å². The Bertz CT molecular complexity index is 1140. The molecule has 3 rings (SSSR count). The number of hydrogen-bond acceptors (Lipinski definition) is 8. The highest BCUT2D eigenvalue weighted by Crippen LogP contribution is 2.28. The van der Waals surface area contributed by atoms with Gasteiger partial charge >= 0.3 is 0 Å². The fourth-order valence-electron chi connectivity index (χ4n) is 3.78. The molecule has 13 heteroatoms. The standard InChI is InChI=1S/C21H26ClF2N5O4S/c1-33-16-8-7-15(23)18(24)17(16)19(30)14-11-26-21(28-20(14)25)27-12-3-5-13(6-4-12)29-34(31,32)10-2-9-22/h7-8,11-13,29H,2-6,9-10H2,1H3,(H3,25,26,27,28). The summed E-state index contributed by atoms with van der Waals surface area (Å²) in [7, 11) is -2.13. The zero-order valence-corrected chi connectivity index (χ0v) is 20.1. The molecule has 0 radical (unpaired) electrons. The van der Waals surface area contributed by atoms with Crippen LogP contribution in [0, 0.1) is 11.6 Å². The van der Waals surface area contributed by atoms with Crippen molar-refractivity contribution in [3.63, 3.8) is 0 Å². The normalized spacial score (nSPS) is 18.5. The third-order valence-corrected chi connectivity index (χ3v) is 7.31. The molecule has 1 heterocycles. The number of alkyl halides is 1. The van der Waals surface area contributed by atoms with E-state index in [4.69, 9.17) is 22.1 Å². The van der Waals surface area contributed by atoms with Crippen LogP contribution in [0.4, 0.5) is 20.5 Å². The molecule has 0 bridgehead atoms. The van der Waals surface area contributed by atoms with E-state index in [0.29, 0.717) is 32.1 Å². The largest absolute Gasteiger partial charge is 0.496 e. The minimum atomic E-state index is -3.36. The summed E-state index contributed by atoms with van der Waals surface area (Å²) in [5.41, 5.74) is 5.14. The van der Waals surface area contributed by atoms with Crippen molar-refractivity contribution < 1.29 is 26.7 Å². The average molecular weight is 518 g/mol. The molecule has 0 atom stereocenters. The Morgan fingerprint density at radius 2 is 1.91 bits per heavy atom. The summed E-state index contributed by atoms with van der Waals surface area (Å²) in [6, 6.07) is 1.83. The van der Waals surface area contributed by atoms with Crippen molar-refractivity contribution in [2.45, 2.75) is 44.2 Å². The summed E-state index contributed by atoms with van der Waals surface area (Å²) < 4.78 is 59.7. The van der Waals surface area contributed by atoms with E-state index in [2.05, 4.69) is 20.0 Å². The van der Waals surface area contributed by atoms with E-state index >= 15 is 0 Å². The van der Waals surface area contributed by atoms with Gasteiger partial charge in [0.05, 0.1) is 18.4 Å². The van der Waals surface area contributed by atoms with Crippen LogP contribution in [0.1, 0.15) is 48.0 Å². The van der Waals surface area contributed by atoms with Crippen molar-refractivity contribution >= 4 is 39.2 Å². The first kappa shape index (κ1) is 26.0. The highest BCUT2D eigenvalue weighted by atomic mass is 35.5. The molecule has 4 N–H and O–H groups in total. The number of nitrogens with one attached hydrogen (secondary N) is 2. The molecule has 0 aliphatic heterocycles. The maximum Gasteiger partial charge on any atom is 0.224 e. The third-order valence-electron chi connectivity index (χ3n) is 5.52. The van der Waals surface area contributed by atoms with Gasteiger partial charge in [0.1, 0.15) is 17.1 Å². The number of sulfonamides is 1. The van der Waals surface area contributed by atoms with Gasteiger partial charge in [0, 0.05) is 24.2 Å². The summed E-state index contributed by atoms with van der Waals surface area (Å²) in [4.78, 5) is 21.0. The van der Waals surface area contributed by atoms with Crippen molar-refractivity contribution in [1.82, 2.24) is 14.7 Å². The number of methoxy groups -OCH3 is 1. The van der Waals surface area contributed by atoms with Crippen LogP contribution in [0.5, 0.6) is 5.75 Å². The maximum atomic E-state index is 14.3. The molecule has 0 spiro atoms. The van der Waals surface area contributed by atoms with Gasteiger partial charge in [0.15, 0.2) is 11.6 Å². The Labute approximate surface area is 201 Å². The van der Waals surface area contributed by atoms with Crippen molar-refractivity contribution in [3.8, 4) is 5.75 Å². The Morgan fingerprint density at radius 1 is 1.24 bits per heavy atom. The van der Waals surface area contributed by atoms with Crippen LogP contribution in [-0.4, -0.2) is 55.0 Å². The predicted octanol–water partition coefficient (Wildman–Crippen LogP) is 2.85. The Kier molecular flexibility index (Phi) is 8.61. The van der Waals surface area contributed by atoms with Crippen LogP contribution >= 0.6 is 11.6 Å². The number of ketones is 1. The number of rotatable bonds is 10. The van der Waals surface area contributed by atoms with Crippen molar-refractivity contribution in [1.29, 1.82) is 0 Å². The Hall–Kier alpha value is -2.57. The van der Waals surface area contributed by atoms with Crippen molar-refractivity contribution in [2.75, 3.05) is 29.8 Å². The molecule has 0 amide bonds. The fraction of sp³-hybridized carbons (Fsp3) is 0.476. The number of carbonyl (C=O) groups is 1. The summed E-state index contributed by atoms with van der Waals surface area (Å²) >= 11 is 5.57. The van der Waals surface area contributed by atoms with Crippen LogP contribution in [0.2, 0.25) is 0 Å². The van der Waals surface area contributed by atoms with E-state index in [1.165, 1.54) is 7.11 Å². The van der Waals surface area contributed by atoms with Gasteiger partial charge in [0.2, 0.25) is 21.8 Å². The molecule has 0 saturated heterocycles. The summed E-state index contributed by atoms with van der Waals surface area (Å²) in [5, 5.41) is 3.12. The first-order valence-electron chi connectivity index (χ1n) is 10.7. The van der Waals surface area contributed by atoms with E-state index in [1.807, 2.05) is 0 Å². The number of anilines is 2. The Morgan fingerprint density at radius 3 is 2.53 bits per heavy atom. The van der Waals surface area contributed by atoms with Crippen LogP contribution in [0.3, 0.4) is 0 Å². The summed E-state index contributed by atoms with van der Waals surface area (Å²) in [6.45, 7) is 0. The lowest BCUT2D eigenvalue weighted by Crippen LogP contribution is -2.41. The molecular weight excluding hydrogens is 492 g/mol. The molecular formula is C21H26ClF2N5O4S. The van der Waals surface area contributed by atoms with E-state index in [0.717, 1.165) is 18.3 Å². The van der Waals surface area contributed by atoms with Gasteiger partial charge in [-0.15, -0.1) is 11.6 Å². The molecule has 186 valence electrons. The number of hydrogen-bond donors (Lipinski definition) is 3. The van der Waals surface area contributed by atoms with Gasteiger partial charge in [-0.2, -0.15) is 4.98 Å². The minimum absolute atomic E-state index is 0.00173. The highest BCUT2D eigenvalue weighted by Gasteiger charge is 2.27. The number of nitrogens with two attached hydrogens (primary N) is 1. The second-order valence-corrected chi connectivity index (χ2v) is 10.2. The number of ether oxygens (including phenoxy) is 1. The smallest absolute Gasteiger partial charge is 0.224 e. The minimum Gasteiger partial charge on any atom is -0.496 e. The number of aromatic nitrogens is 2. The molecule has 1 saturated carbocycles. The fourth-order valence-corrected chi connectivity index (χ4v) is 5.46. The topological polar surface area (TPSA) is 136 Å². The molecule has 0 unspecified atom stereocenters. The third kappa shape index (κ3) is 6.30. The van der Waals surface area contributed by atoms with Gasteiger partial charge in [-0.3, -0.25) is 4.79 Å². The second kappa shape index (κ2) is 11.2. The number of carbonyl (C=O) groups excluding carboxylic acids is 1. The highest BCUT2D eigenvalue weighted by molar-refractivity contribution is 7.89. The zero-order valence-electron chi connectivity index (χ0n) is 18.5. The van der Waals surface area contributed by atoms with Gasteiger partial charge < -0.3 is 15.8 Å². The number of nitrogens with zero attached hydrogens (tertiary/aromatic N) is 2. The van der Waals surface area contributed by atoms with Gasteiger partial charge in [0.25, 0.3) is 0 Å². The lowest BCUT2D eigenvalue weighted by Gasteiger charge is -2.29. The molecule has 1 aromatic heterocycles. The van der Waals surface area contributed by atoms with Crippen molar-refractivity contribution in [2.24, 2.45) is 0 Å². The molecule has 34 heavy (non-hydrogen) atoms. The maximum absolute atomic E-state index is 14.3. The molecule has 1 fully saturated rings. The van der Waals surface area contributed by atoms with E-state index in [-0.39, 0.29) is 46.8 Å². The van der Waals surface area contributed by atoms with Gasteiger partial charge in [-0.1, -0.05) is 0 Å². The zero-order chi connectivity index (χ0) is 24.9. The molecule has 9 nitrogen and oxygen atoms in total. The monoisotopic (exact) mass is 517 g/mol. The van der Waals surface area contributed by atoms with E-state index in [9.17, 15) is 22.0 Å². The van der Waals surface area contributed by atoms with Crippen molar-refractivity contribution in [3.05, 3.63) is 41.1 Å². The second-order valence-electron chi connectivity index (χ2n) is 7.93. The van der Waals surface area contributed by atoms with Gasteiger partial charge in [-0.05, 0) is 44.2 Å². The quantitative estimate of drug-likeness (QED) is 0.323. The first-order chi connectivity index (χ1) is 16.1. The SMILES string of the molecule is COc1ccc(F)c(F)c1C(=O)c1cnc(NC2CCC(NS(=O)(=O)CCCCl)CC2)nc1N. The predicted molar refractivity (Wildman–Crippen MR) is 125 cm³/mol. The van der Waals surface area contributed by atoms with Crippen LogP contribution in [-0.2, 0) is 10.0 Å². The summed E-state index contributed by atoms with van der Waals surface area (Å²) in [5.74, 6) is -3.32. The van der Waals surface area contributed by atoms with E-state index in [1.54, 1.807) is 0 Å². The summed E-state index contributed by atoms with van der Waals surface area (Å²) in [6.07, 6.45) is 4.12. The molecule has 2 aromatic rings. The molecule has 1 aliphatic rings. The molecule has 1 aliphatic carbocycles. The number of nitrogen functional groups attached to an aromatic ring is 1. The first-order valence-corrected chi connectivity index (χ1v) is 12.9. The number of halogens is 3. The lowest BCUT2D eigenvalue weighted by atomic mass is 9.92.